The summed E-state index contributed by atoms with van der Waals surface area (Å²) in [4.78, 5) is 19.6. The van der Waals surface area contributed by atoms with E-state index in [0.717, 1.165) is 12.0 Å². The molecule has 0 bridgehead atoms. The predicted molar refractivity (Wildman–Crippen MR) is 79.6 cm³/mol. The van der Waals surface area contributed by atoms with E-state index in [0.29, 0.717) is 34.8 Å². The molecular formula is C16H13ClN2O. The lowest BCUT2D eigenvalue weighted by molar-refractivity contribution is 0.111. The molecule has 0 atom stereocenters. The van der Waals surface area contributed by atoms with Crippen molar-refractivity contribution in [3.05, 3.63) is 46.9 Å². The Morgan fingerprint density at radius 3 is 2.65 bits per heavy atom. The second-order valence-electron chi connectivity index (χ2n) is 4.10. The van der Waals surface area contributed by atoms with Gasteiger partial charge in [-0.1, -0.05) is 36.6 Å². The zero-order chi connectivity index (χ0) is 14.4. The fourth-order valence-electron chi connectivity index (χ4n) is 1.70. The van der Waals surface area contributed by atoms with Crippen LogP contribution < -0.4 is 0 Å². The third kappa shape index (κ3) is 3.43. The van der Waals surface area contributed by atoms with E-state index in [4.69, 9.17) is 11.6 Å². The van der Waals surface area contributed by atoms with Gasteiger partial charge in [0.25, 0.3) is 0 Å². The third-order valence-electron chi connectivity index (χ3n) is 2.69. The SMILES string of the molecule is CCC#CCc1nc(-c2ccc(Cl)cc2)cnc1C=O. The molecule has 4 heteroatoms. The summed E-state index contributed by atoms with van der Waals surface area (Å²) in [5, 5.41) is 0.667. The first-order chi connectivity index (χ1) is 9.74. The summed E-state index contributed by atoms with van der Waals surface area (Å²) < 4.78 is 0. The van der Waals surface area contributed by atoms with Crippen molar-refractivity contribution in [3.63, 3.8) is 0 Å². The first kappa shape index (κ1) is 14.2. The number of hydrogen-bond donors (Lipinski definition) is 0. The van der Waals surface area contributed by atoms with Crippen molar-refractivity contribution >= 4 is 17.9 Å². The van der Waals surface area contributed by atoms with E-state index in [2.05, 4.69) is 21.8 Å². The van der Waals surface area contributed by atoms with Gasteiger partial charge in [0.2, 0.25) is 0 Å². The Morgan fingerprint density at radius 1 is 1.25 bits per heavy atom. The van der Waals surface area contributed by atoms with E-state index >= 15 is 0 Å². The normalized spacial score (nSPS) is 9.70. The van der Waals surface area contributed by atoms with Gasteiger partial charge in [0.15, 0.2) is 6.29 Å². The number of hydrogen-bond acceptors (Lipinski definition) is 3. The van der Waals surface area contributed by atoms with E-state index in [9.17, 15) is 4.79 Å². The van der Waals surface area contributed by atoms with Crippen LogP contribution in [0.2, 0.25) is 5.02 Å². The van der Waals surface area contributed by atoms with Crippen LogP contribution in [0.1, 0.15) is 29.5 Å². The van der Waals surface area contributed by atoms with Crippen LogP contribution in [0.4, 0.5) is 0 Å². The van der Waals surface area contributed by atoms with Crippen molar-refractivity contribution in [2.75, 3.05) is 0 Å². The molecule has 1 aromatic heterocycles. The number of carbonyl (C=O) groups is 1. The molecule has 0 saturated heterocycles. The molecule has 0 aliphatic heterocycles. The van der Waals surface area contributed by atoms with E-state index in [-0.39, 0.29) is 0 Å². The fourth-order valence-corrected chi connectivity index (χ4v) is 1.82. The first-order valence-electron chi connectivity index (χ1n) is 6.27. The summed E-state index contributed by atoms with van der Waals surface area (Å²) in [6.07, 6.45) is 3.50. The van der Waals surface area contributed by atoms with Crippen LogP contribution in [0, 0.1) is 11.8 Å². The Kier molecular flexibility index (Phi) is 4.86. The molecule has 0 spiro atoms. The molecule has 1 aromatic carbocycles. The topological polar surface area (TPSA) is 42.9 Å². The molecule has 0 aliphatic rings. The van der Waals surface area contributed by atoms with Crippen LogP contribution in [0.15, 0.2) is 30.5 Å². The van der Waals surface area contributed by atoms with Crippen LogP contribution in [-0.4, -0.2) is 16.3 Å². The van der Waals surface area contributed by atoms with Gasteiger partial charge in [-0.2, -0.15) is 0 Å². The van der Waals surface area contributed by atoms with Gasteiger partial charge in [0.1, 0.15) is 5.69 Å². The average molecular weight is 285 g/mol. The monoisotopic (exact) mass is 284 g/mol. The summed E-state index contributed by atoms with van der Waals surface area (Å²) in [6, 6.07) is 7.33. The van der Waals surface area contributed by atoms with Gasteiger partial charge in [-0.25, -0.2) is 9.97 Å². The third-order valence-corrected chi connectivity index (χ3v) is 2.94. The summed E-state index contributed by atoms with van der Waals surface area (Å²) >= 11 is 5.86. The Morgan fingerprint density at radius 2 is 2.00 bits per heavy atom. The number of aromatic nitrogens is 2. The number of rotatable bonds is 3. The average Bonchev–Trinajstić information content (AvgIpc) is 2.48. The van der Waals surface area contributed by atoms with Crippen molar-refractivity contribution in [1.82, 2.24) is 9.97 Å². The lowest BCUT2D eigenvalue weighted by atomic mass is 10.1. The molecule has 3 nitrogen and oxygen atoms in total. The van der Waals surface area contributed by atoms with Gasteiger partial charge in [0, 0.05) is 17.0 Å². The van der Waals surface area contributed by atoms with Crippen molar-refractivity contribution < 1.29 is 4.79 Å². The molecule has 0 amide bonds. The van der Waals surface area contributed by atoms with Crippen LogP contribution in [0.3, 0.4) is 0 Å². The molecular weight excluding hydrogens is 272 g/mol. The second kappa shape index (κ2) is 6.83. The van der Waals surface area contributed by atoms with Gasteiger partial charge in [-0.15, -0.1) is 5.92 Å². The minimum atomic E-state index is 0.341. The number of carbonyl (C=O) groups excluding carboxylic acids is 1. The van der Waals surface area contributed by atoms with Crippen molar-refractivity contribution in [2.45, 2.75) is 19.8 Å². The summed E-state index contributed by atoms with van der Waals surface area (Å²) in [5.41, 5.74) is 2.56. The Balaban J connectivity index is 2.38. The summed E-state index contributed by atoms with van der Waals surface area (Å²) in [7, 11) is 0. The highest BCUT2D eigenvalue weighted by atomic mass is 35.5. The zero-order valence-electron chi connectivity index (χ0n) is 11.1. The van der Waals surface area contributed by atoms with Crippen LogP contribution in [0.5, 0.6) is 0 Å². The Labute approximate surface area is 123 Å². The molecule has 20 heavy (non-hydrogen) atoms. The second-order valence-corrected chi connectivity index (χ2v) is 4.53. The molecule has 0 saturated carbocycles. The van der Waals surface area contributed by atoms with Gasteiger partial charge in [-0.05, 0) is 12.1 Å². The minimum Gasteiger partial charge on any atom is -0.296 e. The highest BCUT2D eigenvalue weighted by Crippen LogP contribution is 2.20. The van der Waals surface area contributed by atoms with Gasteiger partial charge in [-0.3, -0.25) is 4.79 Å². The zero-order valence-corrected chi connectivity index (χ0v) is 11.8. The van der Waals surface area contributed by atoms with E-state index < -0.39 is 0 Å². The Bertz CT molecular complexity index is 669. The number of nitrogens with zero attached hydrogens (tertiary/aromatic N) is 2. The quantitative estimate of drug-likeness (QED) is 0.639. The van der Waals surface area contributed by atoms with Crippen LogP contribution in [0.25, 0.3) is 11.3 Å². The molecule has 1 heterocycles. The van der Waals surface area contributed by atoms with Gasteiger partial charge >= 0.3 is 0 Å². The van der Waals surface area contributed by atoms with E-state index in [1.165, 1.54) is 0 Å². The molecule has 0 unspecified atom stereocenters. The van der Waals surface area contributed by atoms with Crippen LogP contribution in [-0.2, 0) is 6.42 Å². The van der Waals surface area contributed by atoms with E-state index in [1.807, 2.05) is 19.1 Å². The van der Waals surface area contributed by atoms with Crippen molar-refractivity contribution in [2.24, 2.45) is 0 Å². The first-order valence-corrected chi connectivity index (χ1v) is 6.65. The minimum absolute atomic E-state index is 0.341. The molecule has 0 N–H and O–H groups in total. The largest absolute Gasteiger partial charge is 0.296 e. The fraction of sp³-hybridized carbons (Fsp3) is 0.188. The van der Waals surface area contributed by atoms with Crippen molar-refractivity contribution in [3.8, 4) is 23.1 Å². The molecule has 2 rings (SSSR count). The van der Waals surface area contributed by atoms with Gasteiger partial charge in [0.05, 0.1) is 24.0 Å². The Hall–Kier alpha value is -2.18. The van der Waals surface area contributed by atoms with Crippen molar-refractivity contribution in [1.29, 1.82) is 0 Å². The standard InChI is InChI=1S/C16H13ClN2O/c1-2-3-4-5-14-16(11-20)18-10-15(19-14)12-6-8-13(17)9-7-12/h6-11H,2,5H2,1H3. The van der Waals surface area contributed by atoms with Gasteiger partial charge < -0.3 is 0 Å². The predicted octanol–water partition coefficient (Wildman–Crippen LogP) is 3.57. The molecule has 0 radical (unpaired) electrons. The summed E-state index contributed by atoms with van der Waals surface area (Å²) in [5.74, 6) is 5.94. The lowest BCUT2D eigenvalue weighted by Gasteiger charge is -2.04. The molecule has 100 valence electrons. The molecule has 0 fully saturated rings. The summed E-state index contributed by atoms with van der Waals surface area (Å²) in [6.45, 7) is 1.98. The maximum absolute atomic E-state index is 11.0. The smallest absolute Gasteiger partial charge is 0.170 e. The molecule has 0 aliphatic carbocycles. The van der Waals surface area contributed by atoms with E-state index in [1.54, 1.807) is 18.3 Å². The maximum Gasteiger partial charge on any atom is 0.170 e. The number of aldehydes is 1. The highest BCUT2D eigenvalue weighted by molar-refractivity contribution is 6.30. The highest BCUT2D eigenvalue weighted by Gasteiger charge is 2.07. The lowest BCUT2D eigenvalue weighted by Crippen LogP contribution is -2.01. The maximum atomic E-state index is 11.0. The number of benzene rings is 1. The van der Waals surface area contributed by atoms with Crippen LogP contribution >= 0.6 is 11.6 Å². The molecule has 2 aromatic rings. The number of halogens is 1.